The molecule has 0 saturated heterocycles. The molecule has 1 rings (SSSR count). The fourth-order valence-corrected chi connectivity index (χ4v) is 12.5. The lowest BCUT2D eigenvalue weighted by atomic mass is 10.1. The van der Waals surface area contributed by atoms with E-state index in [9.17, 15) is 0 Å². The molecule has 0 heterocycles. The summed E-state index contributed by atoms with van der Waals surface area (Å²) in [5, 5.41) is 0. The van der Waals surface area contributed by atoms with Gasteiger partial charge in [0.25, 0.3) is 0 Å². The molecule has 0 aliphatic heterocycles. The van der Waals surface area contributed by atoms with Gasteiger partial charge in [0.1, 0.15) is 16.5 Å². The summed E-state index contributed by atoms with van der Waals surface area (Å²) >= 11 is 0. The number of hydrogen-bond acceptors (Lipinski definition) is 1. The minimum Gasteiger partial charge on any atom is -0.425 e. The average Bonchev–Trinajstić information content (AvgIpc) is 2.06. The normalized spacial score (nSPS) is 12.7. The number of anilines is 1. The number of aryl methyl sites for hydroxylation is 2. The standard InChI is InChI=1S/C14H27NSi2/c1-12-9-10-14(11-13(12)2)15(16(3,4)5)17(6,7)8/h9-11H,1-8H3. The molecule has 0 aromatic heterocycles. The molecule has 0 unspecified atom stereocenters. The summed E-state index contributed by atoms with van der Waals surface area (Å²) in [4.78, 5) is 0. The van der Waals surface area contributed by atoms with Gasteiger partial charge in [-0.15, -0.1) is 0 Å². The molecule has 0 N–H and O–H groups in total. The Hall–Kier alpha value is -0.546. The van der Waals surface area contributed by atoms with Crippen LogP contribution in [0.5, 0.6) is 0 Å². The van der Waals surface area contributed by atoms with E-state index in [-0.39, 0.29) is 0 Å². The van der Waals surface area contributed by atoms with Crippen LogP contribution >= 0.6 is 0 Å². The van der Waals surface area contributed by atoms with Gasteiger partial charge in [-0.05, 0) is 37.1 Å². The first-order valence-corrected chi connectivity index (χ1v) is 13.3. The van der Waals surface area contributed by atoms with E-state index in [1.54, 1.807) is 0 Å². The topological polar surface area (TPSA) is 3.24 Å². The minimum atomic E-state index is -1.31. The monoisotopic (exact) mass is 265 g/mol. The van der Waals surface area contributed by atoms with Gasteiger partial charge in [-0.1, -0.05) is 45.3 Å². The molecular weight excluding hydrogens is 238 g/mol. The molecule has 0 fully saturated rings. The van der Waals surface area contributed by atoms with Gasteiger partial charge in [-0.3, -0.25) is 0 Å². The molecule has 1 nitrogen and oxygen atoms in total. The Morgan fingerprint density at radius 1 is 0.765 bits per heavy atom. The van der Waals surface area contributed by atoms with E-state index in [2.05, 4.69) is 75.6 Å². The van der Waals surface area contributed by atoms with Crippen molar-refractivity contribution in [1.82, 2.24) is 0 Å². The molecule has 0 bridgehead atoms. The number of rotatable bonds is 3. The Bertz CT molecular complexity index is 386. The summed E-state index contributed by atoms with van der Waals surface area (Å²) in [6.45, 7) is 19.1. The lowest BCUT2D eigenvalue weighted by Crippen LogP contribution is -2.59. The second-order valence-electron chi connectivity index (χ2n) is 6.95. The fourth-order valence-electron chi connectivity index (χ4n) is 2.65. The van der Waals surface area contributed by atoms with Gasteiger partial charge in [0.2, 0.25) is 0 Å². The van der Waals surface area contributed by atoms with Crippen molar-refractivity contribution >= 4 is 22.2 Å². The van der Waals surface area contributed by atoms with E-state index in [0.29, 0.717) is 0 Å². The van der Waals surface area contributed by atoms with Crippen molar-refractivity contribution in [3.63, 3.8) is 0 Å². The second kappa shape index (κ2) is 4.61. The molecular formula is C14H27NSi2. The van der Waals surface area contributed by atoms with Gasteiger partial charge < -0.3 is 4.23 Å². The van der Waals surface area contributed by atoms with Crippen LogP contribution in [-0.4, -0.2) is 16.5 Å². The molecule has 3 heteroatoms. The van der Waals surface area contributed by atoms with E-state index in [0.717, 1.165) is 0 Å². The molecule has 0 radical (unpaired) electrons. The highest BCUT2D eigenvalue weighted by Gasteiger charge is 2.34. The number of hydrogen-bond donors (Lipinski definition) is 0. The lowest BCUT2D eigenvalue weighted by molar-refractivity contribution is 1.29. The van der Waals surface area contributed by atoms with Crippen molar-refractivity contribution in [3.05, 3.63) is 29.3 Å². The highest BCUT2D eigenvalue weighted by Crippen LogP contribution is 2.29. The first-order chi connectivity index (χ1) is 7.53. The summed E-state index contributed by atoms with van der Waals surface area (Å²) < 4.78 is 2.77. The van der Waals surface area contributed by atoms with Gasteiger partial charge in [-0.2, -0.15) is 0 Å². The highest BCUT2D eigenvalue weighted by atomic mass is 28.4. The molecule has 1 aromatic carbocycles. The zero-order valence-corrected chi connectivity index (χ0v) is 14.7. The van der Waals surface area contributed by atoms with E-state index in [4.69, 9.17) is 0 Å². The third-order valence-electron chi connectivity index (χ3n) is 3.09. The van der Waals surface area contributed by atoms with Crippen molar-refractivity contribution in [2.24, 2.45) is 0 Å². The largest absolute Gasteiger partial charge is 0.425 e. The number of nitrogens with zero attached hydrogens (tertiary/aromatic N) is 1. The zero-order valence-electron chi connectivity index (χ0n) is 12.7. The van der Waals surface area contributed by atoms with Gasteiger partial charge in [0, 0.05) is 5.69 Å². The Morgan fingerprint density at radius 2 is 1.24 bits per heavy atom. The maximum absolute atomic E-state index is 2.77. The van der Waals surface area contributed by atoms with E-state index < -0.39 is 16.5 Å². The van der Waals surface area contributed by atoms with Crippen LogP contribution in [0, 0.1) is 13.8 Å². The van der Waals surface area contributed by atoms with Crippen molar-refractivity contribution in [2.75, 3.05) is 4.23 Å². The van der Waals surface area contributed by atoms with Crippen LogP contribution in [-0.2, 0) is 0 Å². The third kappa shape index (κ3) is 3.45. The molecule has 0 aliphatic carbocycles. The Balaban J connectivity index is 3.29. The van der Waals surface area contributed by atoms with Crippen molar-refractivity contribution < 1.29 is 0 Å². The molecule has 0 aliphatic rings. The maximum atomic E-state index is 2.77. The van der Waals surface area contributed by atoms with Crippen molar-refractivity contribution in [2.45, 2.75) is 53.1 Å². The quantitative estimate of drug-likeness (QED) is 0.711. The maximum Gasteiger partial charge on any atom is 0.138 e. The summed E-state index contributed by atoms with van der Waals surface area (Å²) in [7, 11) is -2.62. The van der Waals surface area contributed by atoms with Gasteiger partial charge in [0.15, 0.2) is 0 Å². The lowest BCUT2D eigenvalue weighted by Gasteiger charge is -2.46. The van der Waals surface area contributed by atoms with Crippen LogP contribution in [0.3, 0.4) is 0 Å². The van der Waals surface area contributed by atoms with Crippen LogP contribution in [0.1, 0.15) is 11.1 Å². The first kappa shape index (κ1) is 14.5. The predicted octanol–water partition coefficient (Wildman–Crippen LogP) is 4.78. The van der Waals surface area contributed by atoms with E-state index in [1.807, 2.05) is 0 Å². The van der Waals surface area contributed by atoms with Gasteiger partial charge >= 0.3 is 0 Å². The Morgan fingerprint density at radius 3 is 1.59 bits per heavy atom. The summed E-state index contributed by atoms with van der Waals surface area (Å²) in [5.74, 6) is 0. The minimum absolute atomic E-state index is 1.31. The van der Waals surface area contributed by atoms with E-state index >= 15 is 0 Å². The average molecular weight is 266 g/mol. The fraction of sp³-hybridized carbons (Fsp3) is 0.571. The summed E-state index contributed by atoms with van der Waals surface area (Å²) in [6.07, 6.45) is 0. The molecule has 96 valence electrons. The molecule has 0 atom stereocenters. The molecule has 0 saturated carbocycles. The first-order valence-electron chi connectivity index (χ1n) is 6.41. The molecule has 0 amide bonds. The Labute approximate surface area is 109 Å². The van der Waals surface area contributed by atoms with Crippen LogP contribution < -0.4 is 4.23 Å². The predicted molar refractivity (Wildman–Crippen MR) is 85.1 cm³/mol. The van der Waals surface area contributed by atoms with Crippen molar-refractivity contribution in [1.29, 1.82) is 0 Å². The molecule has 0 spiro atoms. The van der Waals surface area contributed by atoms with Crippen LogP contribution in [0.4, 0.5) is 5.69 Å². The van der Waals surface area contributed by atoms with E-state index in [1.165, 1.54) is 16.8 Å². The second-order valence-corrected chi connectivity index (χ2v) is 17.0. The molecule has 1 aromatic rings. The summed E-state index contributed by atoms with van der Waals surface area (Å²) in [5.41, 5.74) is 4.23. The van der Waals surface area contributed by atoms with Crippen molar-refractivity contribution in [3.8, 4) is 0 Å². The highest BCUT2D eigenvalue weighted by molar-refractivity contribution is 6.99. The SMILES string of the molecule is Cc1ccc(N([Si](C)(C)C)[Si](C)(C)C)cc1C. The number of benzene rings is 1. The van der Waals surface area contributed by atoms with Gasteiger partial charge in [0.05, 0.1) is 0 Å². The smallest absolute Gasteiger partial charge is 0.138 e. The zero-order chi connectivity index (χ0) is 13.4. The Kier molecular flexibility index (Phi) is 3.94. The van der Waals surface area contributed by atoms with Gasteiger partial charge in [-0.25, -0.2) is 0 Å². The van der Waals surface area contributed by atoms with Crippen LogP contribution in [0.25, 0.3) is 0 Å². The third-order valence-corrected chi connectivity index (χ3v) is 10.3. The van der Waals surface area contributed by atoms with Crippen LogP contribution in [0.15, 0.2) is 18.2 Å². The summed E-state index contributed by atoms with van der Waals surface area (Å²) in [6, 6.07) is 6.93. The van der Waals surface area contributed by atoms with Crippen LogP contribution in [0.2, 0.25) is 39.3 Å². The molecule has 17 heavy (non-hydrogen) atoms.